The van der Waals surface area contributed by atoms with E-state index in [2.05, 4.69) is 4.90 Å². The normalized spacial score (nSPS) is 24.1. The largest absolute Gasteiger partial charge is 0.494 e. The molecule has 0 aliphatic carbocycles. The van der Waals surface area contributed by atoms with Gasteiger partial charge in [-0.1, -0.05) is 12.1 Å². The van der Waals surface area contributed by atoms with E-state index in [4.69, 9.17) is 9.31 Å². The molecule has 0 radical (unpaired) electrons. The van der Waals surface area contributed by atoms with E-state index in [0.717, 1.165) is 35.6 Å². The van der Waals surface area contributed by atoms with Crippen LogP contribution in [0.2, 0.25) is 0 Å². The third-order valence-corrected chi connectivity index (χ3v) is 6.04. The van der Waals surface area contributed by atoms with Crippen LogP contribution in [-0.4, -0.2) is 47.8 Å². The first kappa shape index (κ1) is 17.3. The SMILES string of the molecule is CC1(C)OB(c2ccc(CN3CCSCC3)c(F)c2)OC1(C)C. The van der Waals surface area contributed by atoms with Crippen LogP contribution < -0.4 is 5.46 Å². The minimum atomic E-state index is -0.505. The lowest BCUT2D eigenvalue weighted by Gasteiger charge is -2.32. The zero-order chi connectivity index (χ0) is 16.7. The summed E-state index contributed by atoms with van der Waals surface area (Å²) >= 11 is 1.96. The van der Waals surface area contributed by atoms with Crippen molar-refractivity contribution < 1.29 is 13.7 Å². The van der Waals surface area contributed by atoms with E-state index in [1.807, 2.05) is 51.6 Å². The highest BCUT2D eigenvalue weighted by Crippen LogP contribution is 2.36. The van der Waals surface area contributed by atoms with Crippen molar-refractivity contribution in [2.45, 2.75) is 45.4 Å². The average molecular weight is 337 g/mol. The molecule has 0 saturated carbocycles. The van der Waals surface area contributed by atoms with Gasteiger partial charge in [0.15, 0.2) is 0 Å². The van der Waals surface area contributed by atoms with E-state index in [1.165, 1.54) is 0 Å². The summed E-state index contributed by atoms with van der Waals surface area (Å²) in [6, 6.07) is 5.37. The second-order valence-corrected chi connectivity index (χ2v) is 8.55. The van der Waals surface area contributed by atoms with Gasteiger partial charge in [-0.15, -0.1) is 0 Å². The Morgan fingerprint density at radius 2 is 1.74 bits per heavy atom. The van der Waals surface area contributed by atoms with E-state index < -0.39 is 18.3 Å². The summed E-state index contributed by atoms with van der Waals surface area (Å²) < 4.78 is 26.5. The van der Waals surface area contributed by atoms with E-state index >= 15 is 0 Å². The molecule has 3 rings (SSSR count). The molecule has 0 amide bonds. The highest BCUT2D eigenvalue weighted by atomic mass is 32.2. The van der Waals surface area contributed by atoms with Crippen LogP contribution >= 0.6 is 11.8 Å². The fourth-order valence-electron chi connectivity index (χ4n) is 2.82. The summed E-state index contributed by atoms with van der Waals surface area (Å²) in [6.07, 6.45) is 0. The molecule has 3 nitrogen and oxygen atoms in total. The average Bonchev–Trinajstić information content (AvgIpc) is 2.71. The predicted molar refractivity (Wildman–Crippen MR) is 94.7 cm³/mol. The topological polar surface area (TPSA) is 21.7 Å². The number of rotatable bonds is 3. The highest BCUT2D eigenvalue weighted by Gasteiger charge is 2.51. The van der Waals surface area contributed by atoms with Crippen molar-refractivity contribution in [3.63, 3.8) is 0 Å². The van der Waals surface area contributed by atoms with Crippen LogP contribution in [0.4, 0.5) is 4.39 Å². The first-order valence-corrected chi connectivity index (χ1v) is 9.38. The van der Waals surface area contributed by atoms with Gasteiger partial charge in [-0.2, -0.15) is 11.8 Å². The molecule has 2 heterocycles. The van der Waals surface area contributed by atoms with Gasteiger partial charge in [0.25, 0.3) is 0 Å². The van der Waals surface area contributed by atoms with Crippen molar-refractivity contribution in [2.75, 3.05) is 24.6 Å². The maximum absolute atomic E-state index is 14.5. The number of hydrogen-bond acceptors (Lipinski definition) is 4. The molecule has 0 unspecified atom stereocenters. The molecule has 1 aromatic rings. The Hall–Kier alpha value is -0.555. The molecule has 6 heteroatoms. The van der Waals surface area contributed by atoms with Crippen molar-refractivity contribution in [3.05, 3.63) is 29.6 Å². The Labute approximate surface area is 143 Å². The quantitative estimate of drug-likeness (QED) is 0.791. The monoisotopic (exact) mass is 337 g/mol. The minimum absolute atomic E-state index is 0.171. The van der Waals surface area contributed by atoms with Crippen molar-refractivity contribution >= 4 is 24.3 Å². The van der Waals surface area contributed by atoms with Crippen LogP contribution in [0.3, 0.4) is 0 Å². The molecule has 2 saturated heterocycles. The first-order chi connectivity index (χ1) is 10.8. The summed E-state index contributed by atoms with van der Waals surface area (Å²) in [6.45, 7) is 10.8. The molecular formula is C17H25BFNO2S. The lowest BCUT2D eigenvalue weighted by atomic mass is 9.78. The number of halogens is 1. The molecule has 0 N–H and O–H groups in total. The van der Waals surface area contributed by atoms with Crippen LogP contribution in [-0.2, 0) is 15.9 Å². The van der Waals surface area contributed by atoms with E-state index in [9.17, 15) is 4.39 Å². The fourth-order valence-corrected chi connectivity index (χ4v) is 3.80. The number of benzene rings is 1. The van der Waals surface area contributed by atoms with Crippen LogP contribution in [0.25, 0.3) is 0 Å². The number of hydrogen-bond donors (Lipinski definition) is 0. The Balaban J connectivity index is 1.72. The van der Waals surface area contributed by atoms with Crippen LogP contribution in [0.1, 0.15) is 33.3 Å². The van der Waals surface area contributed by atoms with Gasteiger partial charge in [0.1, 0.15) is 5.82 Å². The van der Waals surface area contributed by atoms with Crippen LogP contribution in [0.15, 0.2) is 18.2 Å². The van der Waals surface area contributed by atoms with Crippen LogP contribution in [0, 0.1) is 5.82 Å². The lowest BCUT2D eigenvalue weighted by molar-refractivity contribution is 0.00578. The third-order valence-electron chi connectivity index (χ3n) is 5.10. The summed E-state index contributed by atoms with van der Waals surface area (Å²) in [5.74, 6) is 2.09. The van der Waals surface area contributed by atoms with Gasteiger partial charge >= 0.3 is 7.12 Å². The molecule has 0 atom stereocenters. The lowest BCUT2D eigenvalue weighted by Crippen LogP contribution is -2.41. The molecule has 23 heavy (non-hydrogen) atoms. The van der Waals surface area contributed by atoms with E-state index in [0.29, 0.717) is 6.54 Å². The molecule has 1 aromatic carbocycles. The molecule has 0 aromatic heterocycles. The molecule has 0 spiro atoms. The fraction of sp³-hybridized carbons (Fsp3) is 0.647. The number of nitrogens with zero attached hydrogens (tertiary/aromatic N) is 1. The summed E-state index contributed by atoms with van der Waals surface area (Å²) in [4.78, 5) is 2.31. The Morgan fingerprint density at radius 1 is 1.13 bits per heavy atom. The molecule has 2 fully saturated rings. The maximum atomic E-state index is 14.5. The van der Waals surface area contributed by atoms with Gasteiger partial charge in [0.2, 0.25) is 0 Å². The maximum Gasteiger partial charge on any atom is 0.494 e. The molecule has 126 valence electrons. The minimum Gasteiger partial charge on any atom is -0.399 e. The van der Waals surface area contributed by atoms with Crippen molar-refractivity contribution in [1.82, 2.24) is 4.90 Å². The standard InChI is InChI=1S/C17H25BFNO2S/c1-16(2)17(3,4)22-18(21-16)14-6-5-13(15(19)11-14)12-20-7-9-23-10-8-20/h5-6,11H,7-10,12H2,1-4H3. The predicted octanol–water partition coefficient (Wildman–Crippen LogP) is 2.67. The second kappa shape index (κ2) is 6.39. The van der Waals surface area contributed by atoms with Gasteiger partial charge in [0.05, 0.1) is 11.2 Å². The van der Waals surface area contributed by atoms with Gasteiger partial charge in [-0.3, -0.25) is 4.90 Å². The van der Waals surface area contributed by atoms with Crippen molar-refractivity contribution in [1.29, 1.82) is 0 Å². The van der Waals surface area contributed by atoms with Gasteiger partial charge in [-0.25, -0.2) is 4.39 Å². The third kappa shape index (κ3) is 3.60. The van der Waals surface area contributed by atoms with Crippen molar-refractivity contribution in [2.24, 2.45) is 0 Å². The molecule has 2 aliphatic rings. The molecular weight excluding hydrogens is 312 g/mol. The summed E-state index contributed by atoms with van der Waals surface area (Å²) in [5.41, 5.74) is 0.688. The molecule has 0 bridgehead atoms. The van der Waals surface area contributed by atoms with E-state index in [-0.39, 0.29) is 5.82 Å². The van der Waals surface area contributed by atoms with Gasteiger partial charge in [-0.05, 0) is 39.2 Å². The smallest absolute Gasteiger partial charge is 0.399 e. The zero-order valence-electron chi connectivity index (χ0n) is 14.4. The Kier molecular flexibility index (Phi) is 4.80. The van der Waals surface area contributed by atoms with Crippen LogP contribution in [0.5, 0.6) is 0 Å². The van der Waals surface area contributed by atoms with E-state index in [1.54, 1.807) is 6.07 Å². The molecule has 2 aliphatic heterocycles. The second-order valence-electron chi connectivity index (χ2n) is 7.33. The van der Waals surface area contributed by atoms with Gasteiger partial charge in [0, 0.05) is 36.7 Å². The number of thioether (sulfide) groups is 1. The Morgan fingerprint density at radius 3 is 2.30 bits per heavy atom. The Bertz CT molecular complexity index is 560. The zero-order valence-corrected chi connectivity index (χ0v) is 15.2. The van der Waals surface area contributed by atoms with Gasteiger partial charge < -0.3 is 9.31 Å². The van der Waals surface area contributed by atoms with Crippen molar-refractivity contribution in [3.8, 4) is 0 Å². The first-order valence-electron chi connectivity index (χ1n) is 8.22. The summed E-state index contributed by atoms with van der Waals surface area (Å²) in [5, 5.41) is 0. The summed E-state index contributed by atoms with van der Waals surface area (Å²) in [7, 11) is -0.505. The highest BCUT2D eigenvalue weighted by molar-refractivity contribution is 7.99.